The number of hydrogen-bond acceptors (Lipinski definition) is 3. The molecule has 2 N–H and O–H groups in total. The van der Waals surface area contributed by atoms with E-state index in [1.165, 1.54) is 30.7 Å². The molecule has 1 saturated carbocycles. The van der Waals surface area contributed by atoms with Gasteiger partial charge in [-0.05, 0) is 26.7 Å². The maximum absolute atomic E-state index is 6.05. The van der Waals surface area contributed by atoms with E-state index in [4.69, 9.17) is 5.73 Å². The lowest BCUT2D eigenvalue weighted by Crippen LogP contribution is -2.03. The van der Waals surface area contributed by atoms with Crippen molar-refractivity contribution in [3.05, 3.63) is 5.69 Å². The van der Waals surface area contributed by atoms with Gasteiger partial charge >= 0.3 is 0 Å². The molecule has 0 amide bonds. The quantitative estimate of drug-likeness (QED) is 0.860. The molecule has 1 fully saturated rings. The number of rotatable bonds is 3. The van der Waals surface area contributed by atoms with Crippen molar-refractivity contribution < 1.29 is 0 Å². The van der Waals surface area contributed by atoms with Crippen LogP contribution in [0.15, 0.2) is 5.03 Å². The van der Waals surface area contributed by atoms with E-state index in [1.807, 2.05) is 23.4 Å². The summed E-state index contributed by atoms with van der Waals surface area (Å²) in [6, 6.07) is 0. The number of hydrogen-bond donors (Lipinski definition) is 1. The lowest BCUT2D eigenvalue weighted by molar-refractivity contribution is 0.601. The second-order valence-corrected chi connectivity index (χ2v) is 5.43. The number of nitrogen functional groups attached to an aromatic ring is 1. The molecule has 2 rings (SSSR count). The molecule has 4 heteroatoms. The molecule has 3 nitrogen and oxygen atoms in total. The normalized spacial score (nSPS) is 17.5. The molecule has 0 unspecified atom stereocenters. The summed E-state index contributed by atoms with van der Waals surface area (Å²) in [6.45, 7) is 5.01. The van der Waals surface area contributed by atoms with Crippen LogP contribution >= 0.6 is 11.8 Å². The van der Waals surface area contributed by atoms with Crippen molar-refractivity contribution in [2.75, 3.05) is 5.73 Å². The number of thioether (sulfide) groups is 1. The Bertz CT molecular complexity index is 340. The molecule has 0 saturated heterocycles. The van der Waals surface area contributed by atoms with Crippen LogP contribution in [0.5, 0.6) is 0 Å². The molecule has 1 aliphatic rings. The van der Waals surface area contributed by atoms with Crippen LogP contribution in [0.25, 0.3) is 0 Å². The van der Waals surface area contributed by atoms with Crippen molar-refractivity contribution in [1.29, 1.82) is 0 Å². The Morgan fingerprint density at radius 2 is 2.13 bits per heavy atom. The minimum atomic E-state index is 0.758. The molecule has 0 aromatic carbocycles. The molecular weight excluding hydrogens is 206 g/mol. The Hall–Kier alpha value is -0.640. The number of aryl methyl sites for hydroxylation is 2. The minimum Gasteiger partial charge on any atom is -0.395 e. The van der Waals surface area contributed by atoms with E-state index in [0.717, 1.165) is 23.2 Å². The summed E-state index contributed by atoms with van der Waals surface area (Å²) in [5.74, 6) is 0. The molecule has 1 aromatic rings. The van der Waals surface area contributed by atoms with Gasteiger partial charge in [0, 0.05) is 11.8 Å². The van der Waals surface area contributed by atoms with Gasteiger partial charge in [0.15, 0.2) is 0 Å². The summed E-state index contributed by atoms with van der Waals surface area (Å²) in [6.07, 6.45) is 5.41. The maximum Gasteiger partial charge on any atom is 0.118 e. The van der Waals surface area contributed by atoms with Crippen molar-refractivity contribution in [3.8, 4) is 0 Å². The van der Waals surface area contributed by atoms with E-state index < -0.39 is 0 Å². The SMILES string of the molecule is CCn1nc(C)c(N)c1SC1CCCC1. The van der Waals surface area contributed by atoms with Crippen LogP contribution in [-0.2, 0) is 6.54 Å². The highest BCUT2D eigenvalue weighted by atomic mass is 32.2. The molecule has 1 heterocycles. The first-order chi connectivity index (χ1) is 7.22. The monoisotopic (exact) mass is 225 g/mol. The van der Waals surface area contributed by atoms with Gasteiger partial charge in [-0.3, -0.25) is 4.68 Å². The van der Waals surface area contributed by atoms with Gasteiger partial charge < -0.3 is 5.73 Å². The molecular formula is C11H19N3S. The van der Waals surface area contributed by atoms with Crippen LogP contribution in [0.3, 0.4) is 0 Å². The number of nitrogens with zero attached hydrogens (tertiary/aromatic N) is 2. The smallest absolute Gasteiger partial charge is 0.118 e. The number of nitrogens with two attached hydrogens (primary N) is 1. The van der Waals surface area contributed by atoms with Crippen molar-refractivity contribution in [2.45, 2.75) is 56.4 Å². The second-order valence-electron chi connectivity index (χ2n) is 4.14. The maximum atomic E-state index is 6.05. The summed E-state index contributed by atoms with van der Waals surface area (Å²) in [5.41, 5.74) is 7.91. The lowest BCUT2D eigenvalue weighted by Gasteiger charge is -2.10. The highest BCUT2D eigenvalue weighted by Gasteiger charge is 2.20. The van der Waals surface area contributed by atoms with Crippen LogP contribution in [0.2, 0.25) is 0 Å². The fourth-order valence-electron chi connectivity index (χ4n) is 2.08. The molecule has 0 aliphatic heterocycles. The van der Waals surface area contributed by atoms with Crippen LogP contribution in [0, 0.1) is 6.92 Å². The van der Waals surface area contributed by atoms with Gasteiger partial charge in [0.25, 0.3) is 0 Å². The largest absolute Gasteiger partial charge is 0.395 e. The van der Waals surface area contributed by atoms with Crippen LogP contribution in [0.1, 0.15) is 38.3 Å². The number of aromatic nitrogens is 2. The molecule has 84 valence electrons. The summed E-state index contributed by atoms with van der Waals surface area (Å²) in [4.78, 5) is 0. The molecule has 1 aliphatic carbocycles. The zero-order chi connectivity index (χ0) is 10.8. The zero-order valence-electron chi connectivity index (χ0n) is 9.49. The molecule has 15 heavy (non-hydrogen) atoms. The standard InChI is InChI=1S/C11H19N3S/c1-3-14-11(10(12)8(2)13-14)15-9-6-4-5-7-9/h9H,3-7,12H2,1-2H3. The summed E-state index contributed by atoms with van der Waals surface area (Å²) in [7, 11) is 0. The first kappa shape index (κ1) is 10.9. The average molecular weight is 225 g/mol. The third kappa shape index (κ3) is 2.14. The average Bonchev–Trinajstić information content (AvgIpc) is 2.82. The molecule has 0 atom stereocenters. The van der Waals surface area contributed by atoms with E-state index in [1.54, 1.807) is 0 Å². The molecule has 1 aromatic heterocycles. The van der Waals surface area contributed by atoms with Gasteiger partial charge in [0.2, 0.25) is 0 Å². The molecule has 0 bridgehead atoms. The fraction of sp³-hybridized carbons (Fsp3) is 0.727. The zero-order valence-corrected chi connectivity index (χ0v) is 10.3. The Kier molecular flexibility index (Phi) is 3.24. The summed E-state index contributed by atoms with van der Waals surface area (Å²) >= 11 is 1.93. The first-order valence-corrected chi connectivity index (χ1v) is 6.60. The topological polar surface area (TPSA) is 43.8 Å². The Balaban J connectivity index is 2.17. The third-order valence-electron chi connectivity index (χ3n) is 3.01. The minimum absolute atomic E-state index is 0.758. The predicted molar refractivity (Wildman–Crippen MR) is 65.2 cm³/mol. The van der Waals surface area contributed by atoms with Gasteiger partial charge in [-0.15, -0.1) is 11.8 Å². The summed E-state index contributed by atoms with van der Waals surface area (Å²) in [5, 5.41) is 6.38. The van der Waals surface area contributed by atoms with Crippen molar-refractivity contribution in [1.82, 2.24) is 9.78 Å². The highest BCUT2D eigenvalue weighted by Crippen LogP contribution is 2.38. The van der Waals surface area contributed by atoms with Crippen molar-refractivity contribution in [2.24, 2.45) is 0 Å². The fourth-order valence-corrected chi connectivity index (χ4v) is 3.53. The van der Waals surface area contributed by atoms with E-state index >= 15 is 0 Å². The first-order valence-electron chi connectivity index (χ1n) is 5.72. The second kappa shape index (κ2) is 4.47. The van der Waals surface area contributed by atoms with Crippen molar-refractivity contribution >= 4 is 17.4 Å². The Morgan fingerprint density at radius 1 is 1.47 bits per heavy atom. The van der Waals surface area contributed by atoms with Crippen LogP contribution in [0.4, 0.5) is 5.69 Å². The Morgan fingerprint density at radius 3 is 2.73 bits per heavy atom. The van der Waals surface area contributed by atoms with Crippen molar-refractivity contribution in [3.63, 3.8) is 0 Å². The lowest BCUT2D eigenvalue weighted by atomic mass is 10.4. The van der Waals surface area contributed by atoms with E-state index in [2.05, 4.69) is 12.0 Å². The van der Waals surface area contributed by atoms with Gasteiger partial charge in [-0.25, -0.2) is 0 Å². The van der Waals surface area contributed by atoms with Gasteiger partial charge in [0.05, 0.1) is 11.4 Å². The molecule has 0 spiro atoms. The van der Waals surface area contributed by atoms with Crippen LogP contribution < -0.4 is 5.73 Å². The molecule has 0 radical (unpaired) electrons. The van der Waals surface area contributed by atoms with E-state index in [0.29, 0.717) is 0 Å². The van der Waals surface area contributed by atoms with Gasteiger partial charge in [-0.1, -0.05) is 12.8 Å². The van der Waals surface area contributed by atoms with Crippen LogP contribution in [-0.4, -0.2) is 15.0 Å². The predicted octanol–water partition coefficient (Wildman–Crippen LogP) is 2.83. The highest BCUT2D eigenvalue weighted by molar-refractivity contribution is 8.00. The Labute approximate surface area is 95.4 Å². The van der Waals surface area contributed by atoms with E-state index in [-0.39, 0.29) is 0 Å². The van der Waals surface area contributed by atoms with E-state index in [9.17, 15) is 0 Å². The number of anilines is 1. The van der Waals surface area contributed by atoms with Gasteiger partial charge in [-0.2, -0.15) is 5.10 Å². The summed E-state index contributed by atoms with van der Waals surface area (Å²) < 4.78 is 2.04. The third-order valence-corrected chi connectivity index (χ3v) is 4.46. The van der Waals surface area contributed by atoms with Gasteiger partial charge in [0.1, 0.15) is 5.03 Å².